The summed E-state index contributed by atoms with van der Waals surface area (Å²) in [7, 11) is 0. The van der Waals surface area contributed by atoms with E-state index in [1.165, 1.54) is 4.57 Å². The second kappa shape index (κ2) is 9.82. The summed E-state index contributed by atoms with van der Waals surface area (Å²) >= 11 is 0. The van der Waals surface area contributed by atoms with Gasteiger partial charge in [0.05, 0.1) is 11.0 Å². The smallest absolute Gasteiger partial charge is 0.273 e. The van der Waals surface area contributed by atoms with Crippen LogP contribution in [0.15, 0.2) is 53.3 Å². The van der Waals surface area contributed by atoms with Crippen LogP contribution in [0.3, 0.4) is 0 Å². The fourth-order valence-corrected chi connectivity index (χ4v) is 3.22. The minimum Gasteiger partial charge on any atom is -0.356 e. The lowest BCUT2D eigenvalue weighted by Crippen LogP contribution is -2.32. The number of hydrogen-bond donors (Lipinski definition) is 2. The number of aryl methyl sites for hydroxylation is 2. The Kier molecular flexibility index (Phi) is 6.95. The Hall–Kier alpha value is -3.48. The van der Waals surface area contributed by atoms with Gasteiger partial charge in [0, 0.05) is 25.1 Å². The molecule has 0 aliphatic carbocycles. The summed E-state index contributed by atoms with van der Waals surface area (Å²) in [5, 5.41) is 5.63. The van der Waals surface area contributed by atoms with Crippen molar-refractivity contribution in [1.82, 2.24) is 14.9 Å². The quantitative estimate of drug-likeness (QED) is 0.602. The van der Waals surface area contributed by atoms with Crippen molar-refractivity contribution in [3.63, 3.8) is 0 Å². The van der Waals surface area contributed by atoms with Gasteiger partial charge in [-0.3, -0.25) is 19.0 Å². The van der Waals surface area contributed by atoms with Crippen LogP contribution in [0.25, 0.3) is 11.0 Å². The summed E-state index contributed by atoms with van der Waals surface area (Å²) in [5.41, 5.74) is 2.84. The molecule has 0 aliphatic heterocycles. The second-order valence-electron chi connectivity index (χ2n) is 7.21. The predicted octanol–water partition coefficient (Wildman–Crippen LogP) is 2.80. The zero-order chi connectivity index (χ0) is 21.5. The van der Waals surface area contributed by atoms with Gasteiger partial charge in [-0.1, -0.05) is 31.2 Å². The van der Waals surface area contributed by atoms with Gasteiger partial charge in [0.2, 0.25) is 11.8 Å². The summed E-state index contributed by atoms with van der Waals surface area (Å²) in [6, 6.07) is 14.7. The number of amides is 2. The van der Waals surface area contributed by atoms with Gasteiger partial charge in [-0.25, -0.2) is 4.98 Å². The topological polar surface area (TPSA) is 93.1 Å². The third kappa shape index (κ3) is 5.31. The molecule has 0 atom stereocenters. The van der Waals surface area contributed by atoms with Crippen LogP contribution in [0, 0.1) is 6.92 Å². The van der Waals surface area contributed by atoms with Gasteiger partial charge in [-0.2, -0.15) is 0 Å². The van der Waals surface area contributed by atoms with Crippen molar-refractivity contribution in [3.05, 3.63) is 70.1 Å². The Balaban J connectivity index is 1.85. The molecule has 0 aliphatic rings. The fourth-order valence-electron chi connectivity index (χ4n) is 3.22. The van der Waals surface area contributed by atoms with Crippen LogP contribution in [0.1, 0.15) is 31.0 Å². The van der Waals surface area contributed by atoms with E-state index in [0.29, 0.717) is 23.3 Å². The first-order valence-electron chi connectivity index (χ1n) is 10.1. The predicted molar refractivity (Wildman–Crippen MR) is 117 cm³/mol. The van der Waals surface area contributed by atoms with E-state index < -0.39 is 0 Å². The summed E-state index contributed by atoms with van der Waals surface area (Å²) in [4.78, 5) is 42.0. The summed E-state index contributed by atoms with van der Waals surface area (Å²) in [6.45, 7) is 4.39. The molecule has 2 N–H and O–H groups in total. The Morgan fingerprint density at radius 1 is 1.07 bits per heavy atom. The fraction of sp³-hybridized carbons (Fsp3) is 0.304. The number of aromatic nitrogens is 2. The molecule has 30 heavy (non-hydrogen) atoms. The van der Waals surface area contributed by atoms with Crippen LogP contribution >= 0.6 is 0 Å². The van der Waals surface area contributed by atoms with Crippen LogP contribution in [-0.4, -0.2) is 27.9 Å². The number of anilines is 1. The normalized spacial score (nSPS) is 10.7. The van der Waals surface area contributed by atoms with Gasteiger partial charge < -0.3 is 10.6 Å². The molecule has 3 rings (SSSR count). The van der Waals surface area contributed by atoms with Crippen molar-refractivity contribution < 1.29 is 9.59 Å². The third-order valence-electron chi connectivity index (χ3n) is 4.68. The van der Waals surface area contributed by atoms with Crippen LogP contribution < -0.4 is 16.2 Å². The number of carbonyl (C=O) groups is 2. The maximum absolute atomic E-state index is 13.0. The van der Waals surface area contributed by atoms with Crippen LogP contribution in [0.5, 0.6) is 0 Å². The molecule has 0 saturated heterocycles. The van der Waals surface area contributed by atoms with Crippen LogP contribution in [0.4, 0.5) is 5.69 Å². The zero-order valence-electron chi connectivity index (χ0n) is 17.3. The Labute approximate surface area is 175 Å². The van der Waals surface area contributed by atoms with Gasteiger partial charge >= 0.3 is 0 Å². The summed E-state index contributed by atoms with van der Waals surface area (Å²) in [5.74, 6) is -0.416. The number of nitrogens with one attached hydrogen (secondary N) is 2. The molecule has 156 valence electrons. The number of benzene rings is 2. The highest BCUT2D eigenvalue weighted by atomic mass is 16.2. The first kappa shape index (κ1) is 21.2. The molecule has 7 nitrogen and oxygen atoms in total. The van der Waals surface area contributed by atoms with Crippen molar-refractivity contribution in [3.8, 4) is 0 Å². The van der Waals surface area contributed by atoms with Crippen LogP contribution in [-0.2, 0) is 22.6 Å². The first-order chi connectivity index (χ1) is 14.5. The molecule has 2 aromatic carbocycles. The van der Waals surface area contributed by atoms with Gasteiger partial charge in [-0.15, -0.1) is 0 Å². The number of fused-ring (bicyclic) bond motifs is 1. The Bertz CT molecular complexity index is 1120. The summed E-state index contributed by atoms with van der Waals surface area (Å²) in [6.07, 6.45) is 1.25. The molecule has 0 saturated carbocycles. The van der Waals surface area contributed by atoms with E-state index in [4.69, 9.17) is 0 Å². The number of para-hydroxylation sites is 2. The second-order valence-corrected chi connectivity index (χ2v) is 7.21. The van der Waals surface area contributed by atoms with E-state index in [1.807, 2.05) is 38.1 Å². The molecule has 7 heteroatoms. The van der Waals surface area contributed by atoms with Crippen molar-refractivity contribution in [2.45, 2.75) is 39.7 Å². The highest BCUT2D eigenvalue weighted by Gasteiger charge is 2.15. The highest BCUT2D eigenvalue weighted by molar-refractivity contribution is 5.91. The minimum absolute atomic E-state index is 0.116. The monoisotopic (exact) mass is 406 g/mol. The van der Waals surface area contributed by atoms with E-state index in [-0.39, 0.29) is 42.5 Å². The van der Waals surface area contributed by atoms with Gasteiger partial charge in [-0.05, 0) is 43.2 Å². The van der Waals surface area contributed by atoms with Gasteiger partial charge in [0.15, 0.2) is 0 Å². The SMILES string of the molecule is CCCNC(=O)CCc1nc2ccccc2n(CC(=O)Nc2cccc(C)c2)c1=O. The lowest BCUT2D eigenvalue weighted by atomic mass is 10.2. The molecule has 1 heterocycles. The van der Waals surface area contributed by atoms with Crippen LogP contribution in [0.2, 0.25) is 0 Å². The lowest BCUT2D eigenvalue weighted by molar-refractivity contribution is -0.121. The summed E-state index contributed by atoms with van der Waals surface area (Å²) < 4.78 is 1.42. The molecule has 0 spiro atoms. The molecular weight excluding hydrogens is 380 g/mol. The zero-order valence-corrected chi connectivity index (χ0v) is 17.3. The largest absolute Gasteiger partial charge is 0.356 e. The highest BCUT2D eigenvalue weighted by Crippen LogP contribution is 2.13. The molecular formula is C23H26N4O3. The average molecular weight is 406 g/mol. The van der Waals surface area contributed by atoms with E-state index in [2.05, 4.69) is 15.6 Å². The first-order valence-corrected chi connectivity index (χ1v) is 10.1. The number of carbonyl (C=O) groups excluding carboxylic acids is 2. The maximum Gasteiger partial charge on any atom is 0.273 e. The molecule has 0 fully saturated rings. The van der Waals surface area contributed by atoms with E-state index in [0.717, 1.165) is 12.0 Å². The standard InChI is InChI=1S/C23H26N4O3/c1-3-13-24-21(28)12-11-19-23(30)27(20-10-5-4-9-18(20)26-19)15-22(29)25-17-8-6-7-16(2)14-17/h4-10,14H,3,11-13,15H2,1-2H3,(H,24,28)(H,25,29). The number of nitrogens with zero attached hydrogens (tertiary/aromatic N) is 2. The van der Waals surface area contributed by atoms with E-state index >= 15 is 0 Å². The number of hydrogen-bond acceptors (Lipinski definition) is 4. The van der Waals surface area contributed by atoms with Crippen molar-refractivity contribution in [2.24, 2.45) is 0 Å². The minimum atomic E-state index is -0.351. The van der Waals surface area contributed by atoms with E-state index in [9.17, 15) is 14.4 Å². The van der Waals surface area contributed by atoms with E-state index in [1.54, 1.807) is 24.3 Å². The van der Waals surface area contributed by atoms with Crippen molar-refractivity contribution >= 4 is 28.5 Å². The number of rotatable bonds is 8. The average Bonchev–Trinajstić information content (AvgIpc) is 2.73. The molecule has 0 unspecified atom stereocenters. The Morgan fingerprint density at radius 3 is 2.63 bits per heavy atom. The van der Waals surface area contributed by atoms with Gasteiger partial charge in [0.1, 0.15) is 12.2 Å². The van der Waals surface area contributed by atoms with Crippen molar-refractivity contribution in [1.29, 1.82) is 0 Å². The Morgan fingerprint density at radius 2 is 1.87 bits per heavy atom. The van der Waals surface area contributed by atoms with Gasteiger partial charge in [0.25, 0.3) is 5.56 Å². The molecule has 0 bridgehead atoms. The molecule has 3 aromatic rings. The van der Waals surface area contributed by atoms with Crippen molar-refractivity contribution in [2.75, 3.05) is 11.9 Å². The molecule has 1 aromatic heterocycles. The lowest BCUT2D eigenvalue weighted by Gasteiger charge is -2.13. The molecule has 0 radical (unpaired) electrons. The molecule has 2 amide bonds. The third-order valence-corrected chi connectivity index (χ3v) is 4.68. The maximum atomic E-state index is 13.0.